The summed E-state index contributed by atoms with van der Waals surface area (Å²) in [6.45, 7) is 2.35. The average molecular weight is 417 g/mol. The average Bonchev–Trinajstić information content (AvgIpc) is 3.25. The summed E-state index contributed by atoms with van der Waals surface area (Å²) in [7, 11) is 1.72. The minimum absolute atomic E-state index is 0.0266. The van der Waals surface area contributed by atoms with E-state index < -0.39 is 12.1 Å². The summed E-state index contributed by atoms with van der Waals surface area (Å²) < 4.78 is 10.9. The van der Waals surface area contributed by atoms with E-state index in [4.69, 9.17) is 9.47 Å². The molecule has 1 aliphatic heterocycles. The normalized spacial score (nSPS) is 20.3. The van der Waals surface area contributed by atoms with Crippen molar-refractivity contribution in [3.05, 3.63) is 29.8 Å². The third kappa shape index (κ3) is 5.59. The zero-order valence-electron chi connectivity index (χ0n) is 18.0. The van der Waals surface area contributed by atoms with Crippen molar-refractivity contribution in [1.29, 1.82) is 0 Å². The van der Waals surface area contributed by atoms with Crippen LogP contribution in [0.4, 0.5) is 5.69 Å². The van der Waals surface area contributed by atoms with Gasteiger partial charge in [0, 0.05) is 31.3 Å². The van der Waals surface area contributed by atoms with Crippen LogP contribution in [0.2, 0.25) is 0 Å². The SMILES string of the molecule is CCOC(=O)COC1CCN(C(=O)CC2CCCC2)CC(=O)N(C)c2ccccc21. The number of rotatable bonds is 6. The standard InChI is InChI=1S/C23H32N2O5/c1-3-29-23(28)16-30-20-12-13-25(21(26)14-17-8-4-5-9-17)15-22(27)24(2)19-11-7-6-10-18(19)20/h6-7,10-11,17,20H,3-5,8-9,12-16H2,1-2H3. The smallest absolute Gasteiger partial charge is 0.332 e. The molecule has 1 heterocycles. The van der Waals surface area contributed by atoms with Crippen molar-refractivity contribution in [2.75, 3.05) is 38.3 Å². The number of carbonyl (C=O) groups is 3. The number of hydrogen-bond donors (Lipinski definition) is 0. The number of ether oxygens (including phenoxy) is 2. The summed E-state index contributed by atoms with van der Waals surface area (Å²) in [6.07, 6.45) is 5.12. The summed E-state index contributed by atoms with van der Waals surface area (Å²) in [4.78, 5) is 40.9. The monoisotopic (exact) mass is 416 g/mol. The molecule has 3 rings (SSSR count). The minimum Gasteiger partial charge on any atom is -0.464 e. The second-order valence-corrected chi connectivity index (χ2v) is 8.07. The van der Waals surface area contributed by atoms with Crippen molar-refractivity contribution >= 4 is 23.5 Å². The quantitative estimate of drug-likeness (QED) is 0.666. The molecule has 1 atom stereocenters. The maximum absolute atomic E-state index is 13.0. The van der Waals surface area contributed by atoms with E-state index in [9.17, 15) is 14.4 Å². The van der Waals surface area contributed by atoms with Crippen LogP contribution >= 0.6 is 0 Å². The highest BCUT2D eigenvalue weighted by Gasteiger charge is 2.29. The Morgan fingerprint density at radius 1 is 1.13 bits per heavy atom. The Labute approximate surface area is 178 Å². The fraction of sp³-hybridized carbons (Fsp3) is 0.609. The van der Waals surface area contributed by atoms with Crippen LogP contribution in [0.5, 0.6) is 0 Å². The molecule has 2 aliphatic rings. The van der Waals surface area contributed by atoms with Gasteiger partial charge in [-0.3, -0.25) is 9.59 Å². The lowest BCUT2D eigenvalue weighted by Crippen LogP contribution is -2.42. The third-order valence-corrected chi connectivity index (χ3v) is 6.00. The lowest BCUT2D eigenvalue weighted by molar-refractivity contribution is -0.151. The topological polar surface area (TPSA) is 76.1 Å². The summed E-state index contributed by atoms with van der Waals surface area (Å²) in [5.41, 5.74) is 1.57. The number of benzene rings is 1. The molecule has 2 amide bonds. The van der Waals surface area contributed by atoms with Gasteiger partial charge in [-0.25, -0.2) is 4.79 Å². The lowest BCUT2D eigenvalue weighted by Gasteiger charge is -2.25. The Hall–Kier alpha value is -2.41. The molecule has 0 aromatic heterocycles. The van der Waals surface area contributed by atoms with Gasteiger partial charge in [-0.1, -0.05) is 31.0 Å². The van der Waals surface area contributed by atoms with Gasteiger partial charge in [0.1, 0.15) is 13.2 Å². The molecule has 164 valence electrons. The molecule has 1 saturated carbocycles. The highest BCUT2D eigenvalue weighted by molar-refractivity contribution is 5.97. The van der Waals surface area contributed by atoms with Crippen molar-refractivity contribution in [1.82, 2.24) is 4.90 Å². The number of anilines is 1. The molecule has 1 unspecified atom stereocenters. The third-order valence-electron chi connectivity index (χ3n) is 6.00. The number of likely N-dealkylation sites (N-methyl/N-ethyl adjacent to an activating group) is 1. The van der Waals surface area contributed by atoms with E-state index in [0.29, 0.717) is 31.9 Å². The summed E-state index contributed by atoms with van der Waals surface area (Å²) in [6, 6.07) is 7.53. The Morgan fingerprint density at radius 2 is 1.87 bits per heavy atom. The largest absolute Gasteiger partial charge is 0.464 e. The van der Waals surface area contributed by atoms with Gasteiger partial charge in [-0.2, -0.15) is 0 Å². The van der Waals surface area contributed by atoms with Gasteiger partial charge in [0.2, 0.25) is 11.8 Å². The van der Waals surface area contributed by atoms with E-state index in [1.807, 2.05) is 24.3 Å². The molecule has 0 bridgehead atoms. The van der Waals surface area contributed by atoms with Crippen molar-refractivity contribution in [3.8, 4) is 0 Å². The van der Waals surface area contributed by atoms with Crippen LogP contribution in [-0.2, 0) is 23.9 Å². The molecule has 0 N–H and O–H groups in total. The zero-order valence-corrected chi connectivity index (χ0v) is 18.0. The number of carbonyl (C=O) groups excluding carboxylic acids is 3. The van der Waals surface area contributed by atoms with Gasteiger partial charge < -0.3 is 19.3 Å². The molecule has 30 heavy (non-hydrogen) atoms. The van der Waals surface area contributed by atoms with E-state index in [0.717, 1.165) is 24.1 Å². The van der Waals surface area contributed by atoms with Crippen molar-refractivity contribution in [2.45, 2.75) is 51.6 Å². The molecule has 7 heteroatoms. The van der Waals surface area contributed by atoms with Crippen molar-refractivity contribution < 1.29 is 23.9 Å². The highest BCUT2D eigenvalue weighted by Crippen LogP contribution is 2.33. The van der Waals surface area contributed by atoms with E-state index >= 15 is 0 Å². The number of nitrogens with zero attached hydrogens (tertiary/aromatic N) is 2. The Morgan fingerprint density at radius 3 is 2.60 bits per heavy atom. The van der Waals surface area contributed by atoms with Crippen LogP contribution in [0.25, 0.3) is 0 Å². The van der Waals surface area contributed by atoms with Gasteiger partial charge >= 0.3 is 5.97 Å². The van der Waals surface area contributed by atoms with Gasteiger partial charge in [-0.05, 0) is 38.2 Å². The van der Waals surface area contributed by atoms with Gasteiger partial charge in [0.05, 0.1) is 12.7 Å². The maximum atomic E-state index is 13.0. The molecular formula is C23H32N2O5. The first-order chi connectivity index (χ1) is 14.5. The molecule has 7 nitrogen and oxygen atoms in total. The van der Waals surface area contributed by atoms with Crippen molar-refractivity contribution in [3.63, 3.8) is 0 Å². The first-order valence-electron chi connectivity index (χ1n) is 10.9. The first-order valence-corrected chi connectivity index (χ1v) is 10.9. The first kappa shape index (κ1) is 22.3. The number of fused-ring (bicyclic) bond motifs is 1. The van der Waals surface area contributed by atoms with Crippen LogP contribution in [0.3, 0.4) is 0 Å². The van der Waals surface area contributed by atoms with Gasteiger partial charge in [0.15, 0.2) is 0 Å². The molecule has 1 aliphatic carbocycles. The number of para-hydroxylation sites is 1. The minimum atomic E-state index is -0.423. The van der Waals surface area contributed by atoms with E-state index in [1.165, 1.54) is 12.8 Å². The molecule has 0 spiro atoms. The van der Waals surface area contributed by atoms with E-state index in [1.54, 1.807) is 23.8 Å². The Balaban J connectivity index is 1.79. The van der Waals surface area contributed by atoms with Crippen LogP contribution in [-0.4, -0.2) is 56.0 Å². The number of hydrogen-bond acceptors (Lipinski definition) is 5. The second kappa shape index (κ2) is 10.6. The lowest BCUT2D eigenvalue weighted by atomic mass is 10.0. The predicted octanol–water partition coefficient (Wildman–Crippen LogP) is 3.08. The van der Waals surface area contributed by atoms with Crippen LogP contribution in [0, 0.1) is 5.92 Å². The molecule has 1 aromatic rings. The van der Waals surface area contributed by atoms with Crippen LogP contribution in [0.1, 0.15) is 57.1 Å². The predicted molar refractivity (Wildman–Crippen MR) is 113 cm³/mol. The van der Waals surface area contributed by atoms with Gasteiger partial charge in [0.25, 0.3) is 0 Å². The van der Waals surface area contributed by atoms with E-state index in [2.05, 4.69) is 0 Å². The van der Waals surface area contributed by atoms with Gasteiger partial charge in [-0.15, -0.1) is 0 Å². The van der Waals surface area contributed by atoms with Crippen LogP contribution < -0.4 is 4.90 Å². The Bertz CT molecular complexity index is 760. The molecule has 0 radical (unpaired) electrons. The molecule has 0 saturated heterocycles. The second-order valence-electron chi connectivity index (χ2n) is 8.07. The zero-order chi connectivity index (χ0) is 21.5. The van der Waals surface area contributed by atoms with E-state index in [-0.39, 0.29) is 25.0 Å². The fourth-order valence-corrected chi connectivity index (χ4v) is 4.32. The highest BCUT2D eigenvalue weighted by atomic mass is 16.6. The number of esters is 1. The molecule has 1 aromatic carbocycles. The molecular weight excluding hydrogens is 384 g/mol. The molecule has 1 fully saturated rings. The Kier molecular flexibility index (Phi) is 7.85. The summed E-state index contributed by atoms with van der Waals surface area (Å²) in [5.74, 6) is -0.105. The van der Waals surface area contributed by atoms with Crippen LogP contribution in [0.15, 0.2) is 24.3 Å². The number of amides is 2. The summed E-state index contributed by atoms with van der Waals surface area (Å²) in [5, 5.41) is 0. The maximum Gasteiger partial charge on any atom is 0.332 e. The fourth-order valence-electron chi connectivity index (χ4n) is 4.32. The summed E-state index contributed by atoms with van der Waals surface area (Å²) >= 11 is 0. The van der Waals surface area contributed by atoms with Crippen molar-refractivity contribution in [2.24, 2.45) is 5.92 Å².